The third-order valence-corrected chi connectivity index (χ3v) is 2.96. The zero-order chi connectivity index (χ0) is 17.6. The smallest absolute Gasteiger partial charge is 0.0346 e. The van der Waals surface area contributed by atoms with E-state index in [1.807, 2.05) is 18.2 Å². The summed E-state index contributed by atoms with van der Waals surface area (Å²) >= 11 is 9.02. The van der Waals surface area contributed by atoms with Gasteiger partial charge < -0.3 is 47.4 Å². The van der Waals surface area contributed by atoms with E-state index in [1.165, 1.54) is 19.1 Å². The number of rotatable bonds is 4. The van der Waals surface area contributed by atoms with Crippen LogP contribution in [0.4, 0.5) is 0 Å². The van der Waals surface area contributed by atoms with E-state index in [9.17, 15) is 0 Å². The molecule has 25 heavy (non-hydrogen) atoms. The minimum Gasteiger partial charge on any atom is -0.741 e. The Morgan fingerprint density at radius 2 is 1.88 bits per heavy atom. The van der Waals surface area contributed by atoms with Gasteiger partial charge in [0.2, 0.25) is 0 Å². The van der Waals surface area contributed by atoms with Crippen LogP contribution in [0.25, 0.3) is 10.6 Å². The van der Waals surface area contributed by atoms with E-state index in [0.29, 0.717) is 6.54 Å². The monoisotopic (exact) mass is 423 g/mol. The Bertz CT molecular complexity index is 543. The molecule has 0 spiro atoms. The third kappa shape index (κ3) is 13.4. The summed E-state index contributed by atoms with van der Waals surface area (Å²) in [7, 11) is 0. The van der Waals surface area contributed by atoms with Crippen LogP contribution in [0, 0.1) is 0 Å². The maximum atomic E-state index is 5.13. The maximum absolute atomic E-state index is 5.13. The zero-order valence-corrected chi connectivity index (χ0v) is 16.2. The van der Waals surface area contributed by atoms with Crippen LogP contribution < -0.4 is 11.5 Å². The van der Waals surface area contributed by atoms with Gasteiger partial charge in [-0.05, 0) is 10.3 Å². The van der Waals surface area contributed by atoms with Crippen molar-refractivity contribution in [1.29, 1.82) is 0 Å². The quantitative estimate of drug-likeness (QED) is 0.306. The fourth-order valence-corrected chi connectivity index (χ4v) is 1.86. The molecule has 0 saturated carbocycles. The van der Waals surface area contributed by atoms with Gasteiger partial charge in [0, 0.05) is 29.2 Å². The molecule has 0 aromatic rings. The second-order valence-electron chi connectivity index (χ2n) is 4.72. The topological polar surface area (TPSA) is 130 Å². The molecule has 0 aliphatic carbocycles. The van der Waals surface area contributed by atoms with Crippen LogP contribution in [-0.2, 0) is 42.0 Å². The van der Waals surface area contributed by atoms with Crippen molar-refractivity contribution in [2.24, 2.45) is 31.9 Å². The molecular weight excluding hydrogens is 403 g/mol. The average Bonchev–Trinajstić information content (AvgIpc) is 2.57. The molecule has 8 nitrogen and oxygen atoms in total. The van der Waals surface area contributed by atoms with Crippen molar-refractivity contribution in [2.75, 3.05) is 13.1 Å². The molecule has 1 fully saturated rings. The Labute approximate surface area is 169 Å². The first kappa shape index (κ1) is 23.5. The van der Waals surface area contributed by atoms with Crippen molar-refractivity contribution in [1.82, 2.24) is 0 Å². The van der Waals surface area contributed by atoms with E-state index in [1.54, 1.807) is 6.21 Å². The van der Waals surface area contributed by atoms with Crippen molar-refractivity contribution in [2.45, 2.75) is 25.3 Å². The molecule has 4 N–H and O–H groups in total. The fraction of sp³-hybridized carbons (Fsp3) is 0.429. The molecule has 2 aliphatic rings. The Morgan fingerprint density at radius 3 is 2.44 bits per heavy atom. The molecule has 0 amide bonds. The standard InChI is InChI=1S/C7H13N4S.C7H9N4S.Co/c2*8-7(12)11-10-5-6-3-1-2-4-9-6;/h5-6H,1-4H2,(H3,8,11,12);1-3,5H,4H2,(H3,8,11,12);/q2*-1;/p-2. The molecule has 1 atom stereocenters. The third-order valence-electron chi connectivity index (χ3n) is 2.80. The molecule has 11 heteroatoms. The van der Waals surface area contributed by atoms with Gasteiger partial charge in [-0.2, -0.15) is 20.4 Å². The van der Waals surface area contributed by atoms with Gasteiger partial charge in [-0.25, -0.2) is 0 Å². The molecule has 0 aromatic heterocycles. The van der Waals surface area contributed by atoms with Gasteiger partial charge in [0.05, 0.1) is 0 Å². The summed E-state index contributed by atoms with van der Waals surface area (Å²) in [4.78, 5) is 0. The van der Waals surface area contributed by atoms with Gasteiger partial charge in [-0.1, -0.05) is 37.5 Å². The average molecular weight is 423 g/mol. The molecule has 1 unspecified atom stereocenters. The Morgan fingerprint density at radius 1 is 1.16 bits per heavy atom. The van der Waals surface area contributed by atoms with Crippen molar-refractivity contribution >= 4 is 48.0 Å². The van der Waals surface area contributed by atoms with Crippen LogP contribution in [0.15, 0.2) is 44.3 Å². The zero-order valence-electron chi connectivity index (χ0n) is 13.5. The number of amidine groups is 2. The van der Waals surface area contributed by atoms with E-state index in [4.69, 9.17) is 11.5 Å². The maximum Gasteiger partial charge on any atom is 0.0346 e. The first-order valence-electron chi connectivity index (χ1n) is 7.36. The first-order chi connectivity index (χ1) is 11.6. The summed E-state index contributed by atoms with van der Waals surface area (Å²) in [5.41, 5.74) is 11.0. The van der Waals surface area contributed by atoms with Crippen LogP contribution in [0.3, 0.4) is 0 Å². The summed E-state index contributed by atoms with van der Waals surface area (Å²) in [5.74, 6) is 0. The largest absolute Gasteiger partial charge is 0.741 e. The Balaban J connectivity index is 0.000000443. The van der Waals surface area contributed by atoms with Gasteiger partial charge in [0.1, 0.15) is 0 Å². The van der Waals surface area contributed by atoms with Crippen molar-refractivity contribution in [3.05, 3.63) is 34.6 Å². The second-order valence-corrected chi connectivity index (χ2v) is 5.55. The van der Waals surface area contributed by atoms with Gasteiger partial charge in [-0.3, -0.25) is 0 Å². The molecule has 2 rings (SSSR count). The van der Waals surface area contributed by atoms with Crippen molar-refractivity contribution in [3.8, 4) is 0 Å². The Kier molecular flexibility index (Phi) is 13.9. The van der Waals surface area contributed by atoms with Crippen LogP contribution in [0.2, 0.25) is 0 Å². The molecule has 1 radical (unpaired) electrons. The number of piperidine rings is 1. The minimum absolute atomic E-state index is 0. The first-order valence-corrected chi connectivity index (χ1v) is 8.17. The SMILES string of the molecule is NC([S-])=NN=CC1=CC=CC[N-]1.NC([S-])=NN=CC1CCCC[N-]1.[Co]. The minimum atomic E-state index is 0. The summed E-state index contributed by atoms with van der Waals surface area (Å²) in [6, 6.07) is 0.219. The summed E-state index contributed by atoms with van der Waals surface area (Å²) in [6.45, 7) is 1.62. The number of nitrogens with two attached hydrogens (primary N) is 2. The molecule has 0 aromatic carbocycles. The van der Waals surface area contributed by atoms with Crippen LogP contribution in [0.1, 0.15) is 19.3 Å². The molecule has 2 aliphatic heterocycles. The van der Waals surface area contributed by atoms with E-state index in [0.717, 1.165) is 18.7 Å². The van der Waals surface area contributed by atoms with Gasteiger partial charge >= 0.3 is 0 Å². The van der Waals surface area contributed by atoms with Crippen LogP contribution in [-0.4, -0.2) is 41.9 Å². The van der Waals surface area contributed by atoms with Crippen molar-refractivity contribution < 1.29 is 16.8 Å². The molecular formula is C14H20CoN8S2-4. The van der Waals surface area contributed by atoms with Crippen molar-refractivity contribution in [3.63, 3.8) is 0 Å². The number of hydrogen-bond donors (Lipinski definition) is 2. The van der Waals surface area contributed by atoms with E-state index >= 15 is 0 Å². The predicted molar refractivity (Wildman–Crippen MR) is 106 cm³/mol. The summed E-state index contributed by atoms with van der Waals surface area (Å²) in [5, 5.41) is 22.9. The number of allylic oxidation sites excluding steroid dienone is 3. The molecule has 0 bridgehead atoms. The van der Waals surface area contributed by atoms with Gasteiger partial charge in [0.15, 0.2) is 0 Å². The summed E-state index contributed by atoms with van der Waals surface area (Å²) in [6.07, 6.45) is 12.4. The van der Waals surface area contributed by atoms with E-state index in [-0.39, 0.29) is 33.2 Å². The Hall–Kier alpha value is -1.53. The molecule has 141 valence electrons. The van der Waals surface area contributed by atoms with Crippen LogP contribution in [0.5, 0.6) is 0 Å². The van der Waals surface area contributed by atoms with E-state index < -0.39 is 0 Å². The second kappa shape index (κ2) is 14.8. The number of nitrogens with zero attached hydrogens (tertiary/aromatic N) is 6. The van der Waals surface area contributed by atoms with Gasteiger partial charge in [-0.15, -0.1) is 24.9 Å². The number of hydrogen-bond acceptors (Lipinski definition) is 6. The predicted octanol–water partition coefficient (Wildman–Crippen LogP) is 1.42. The molecule has 2 heterocycles. The van der Waals surface area contributed by atoms with Gasteiger partial charge in [0.25, 0.3) is 0 Å². The fourth-order valence-electron chi connectivity index (χ4n) is 1.77. The van der Waals surface area contributed by atoms with Crippen LogP contribution >= 0.6 is 0 Å². The van der Waals surface area contributed by atoms with E-state index in [2.05, 4.69) is 56.3 Å². The normalized spacial score (nSPS) is 21.1. The summed E-state index contributed by atoms with van der Waals surface area (Å²) < 4.78 is 0. The molecule has 1 saturated heterocycles.